The van der Waals surface area contributed by atoms with Crippen LogP contribution >= 0.6 is 0 Å². The first-order chi connectivity index (χ1) is 7.10. The number of hydrogen-bond acceptors (Lipinski definition) is 3. The Labute approximate surface area is 93.2 Å². The topological polar surface area (TPSA) is 58.4 Å². The molecule has 1 atom stereocenters. The van der Waals surface area contributed by atoms with Crippen molar-refractivity contribution in [3.05, 3.63) is 0 Å². The highest BCUT2D eigenvalue weighted by atomic mass is 16.2. The van der Waals surface area contributed by atoms with Gasteiger partial charge in [-0.05, 0) is 39.9 Å². The molecule has 0 aromatic heterocycles. The lowest BCUT2D eigenvalue weighted by Gasteiger charge is -2.18. The Balaban J connectivity index is 3.63. The molecule has 3 N–H and O–H groups in total. The van der Waals surface area contributed by atoms with Crippen molar-refractivity contribution in [2.24, 2.45) is 5.73 Å². The maximum absolute atomic E-state index is 11.5. The normalized spacial score (nSPS) is 12.9. The van der Waals surface area contributed by atoms with Crippen LogP contribution in [-0.4, -0.2) is 43.5 Å². The van der Waals surface area contributed by atoms with Gasteiger partial charge < -0.3 is 11.1 Å². The number of rotatable bonds is 8. The molecule has 0 aliphatic heterocycles. The van der Waals surface area contributed by atoms with E-state index in [1.807, 2.05) is 18.9 Å². The number of amides is 1. The van der Waals surface area contributed by atoms with Crippen LogP contribution in [0.15, 0.2) is 0 Å². The van der Waals surface area contributed by atoms with Gasteiger partial charge in [-0.1, -0.05) is 13.3 Å². The van der Waals surface area contributed by atoms with Crippen LogP contribution in [0.1, 0.15) is 33.1 Å². The maximum Gasteiger partial charge on any atom is 0.234 e. The number of carbonyl (C=O) groups excluding carboxylic acids is 1. The molecule has 0 radical (unpaired) electrons. The summed E-state index contributed by atoms with van der Waals surface area (Å²) in [6, 6.07) is 0.283. The smallest absolute Gasteiger partial charge is 0.234 e. The van der Waals surface area contributed by atoms with Crippen molar-refractivity contribution >= 4 is 5.91 Å². The third-order valence-electron chi connectivity index (χ3n) is 2.29. The molecule has 90 valence electrons. The van der Waals surface area contributed by atoms with Crippen LogP contribution in [0.25, 0.3) is 0 Å². The molecule has 0 aliphatic carbocycles. The average Bonchev–Trinajstić information content (AvgIpc) is 2.14. The first-order valence-electron chi connectivity index (χ1n) is 5.78. The van der Waals surface area contributed by atoms with E-state index in [9.17, 15) is 4.79 Å². The number of nitrogens with zero attached hydrogens (tertiary/aromatic N) is 1. The summed E-state index contributed by atoms with van der Waals surface area (Å²) in [5.74, 6) is 0.107. The molecule has 1 unspecified atom stereocenters. The van der Waals surface area contributed by atoms with E-state index in [2.05, 4.69) is 12.2 Å². The minimum atomic E-state index is 0.107. The number of nitrogens with one attached hydrogen (secondary N) is 1. The average molecular weight is 215 g/mol. The minimum Gasteiger partial charge on any atom is -0.353 e. The number of nitrogens with two attached hydrogens (primary N) is 1. The summed E-state index contributed by atoms with van der Waals surface area (Å²) >= 11 is 0. The molecule has 0 rings (SSSR count). The van der Waals surface area contributed by atoms with Crippen LogP contribution in [0.4, 0.5) is 0 Å². The predicted octanol–water partition coefficient (Wildman–Crippen LogP) is 0.572. The molecule has 0 aliphatic rings. The highest BCUT2D eigenvalue weighted by molar-refractivity contribution is 5.78. The van der Waals surface area contributed by atoms with E-state index in [-0.39, 0.29) is 11.9 Å². The quantitative estimate of drug-likeness (QED) is 0.622. The van der Waals surface area contributed by atoms with Crippen LogP contribution in [0, 0.1) is 0 Å². The van der Waals surface area contributed by atoms with Gasteiger partial charge in [0.25, 0.3) is 0 Å². The summed E-state index contributed by atoms with van der Waals surface area (Å²) in [5.41, 5.74) is 5.40. The Morgan fingerprint density at radius 2 is 2.20 bits per heavy atom. The summed E-state index contributed by atoms with van der Waals surface area (Å²) in [5, 5.41) is 2.98. The van der Waals surface area contributed by atoms with Crippen molar-refractivity contribution in [2.75, 3.05) is 26.7 Å². The van der Waals surface area contributed by atoms with Gasteiger partial charge in [-0.3, -0.25) is 9.69 Å². The number of likely N-dealkylation sites (N-methyl/N-ethyl adjacent to an activating group) is 1. The number of hydrogen-bond donors (Lipinski definition) is 2. The summed E-state index contributed by atoms with van der Waals surface area (Å²) in [6.07, 6.45) is 3.08. The van der Waals surface area contributed by atoms with E-state index in [0.717, 1.165) is 25.8 Å². The van der Waals surface area contributed by atoms with Gasteiger partial charge in [0.2, 0.25) is 5.91 Å². The largest absolute Gasteiger partial charge is 0.353 e. The van der Waals surface area contributed by atoms with Gasteiger partial charge in [0.15, 0.2) is 0 Å². The second-order valence-corrected chi connectivity index (χ2v) is 4.14. The van der Waals surface area contributed by atoms with Gasteiger partial charge in [0, 0.05) is 6.04 Å². The van der Waals surface area contributed by atoms with Gasteiger partial charge in [-0.15, -0.1) is 0 Å². The van der Waals surface area contributed by atoms with Crippen LogP contribution in [0.3, 0.4) is 0 Å². The van der Waals surface area contributed by atoms with Crippen molar-refractivity contribution < 1.29 is 4.79 Å². The van der Waals surface area contributed by atoms with Gasteiger partial charge in [-0.25, -0.2) is 0 Å². The van der Waals surface area contributed by atoms with E-state index in [4.69, 9.17) is 5.73 Å². The molecule has 15 heavy (non-hydrogen) atoms. The van der Waals surface area contributed by atoms with Crippen LogP contribution < -0.4 is 11.1 Å². The van der Waals surface area contributed by atoms with Gasteiger partial charge in [-0.2, -0.15) is 0 Å². The lowest BCUT2D eigenvalue weighted by Crippen LogP contribution is -2.40. The van der Waals surface area contributed by atoms with E-state index in [0.29, 0.717) is 13.1 Å². The zero-order chi connectivity index (χ0) is 11.7. The summed E-state index contributed by atoms with van der Waals surface area (Å²) < 4.78 is 0. The standard InChI is InChI=1S/C11H25N3O/c1-4-6-10(2)13-11(15)9-14(3)8-5-7-12/h10H,4-9,12H2,1-3H3,(H,13,15). The second kappa shape index (κ2) is 8.68. The molecule has 0 saturated carbocycles. The fourth-order valence-electron chi connectivity index (χ4n) is 1.51. The Morgan fingerprint density at radius 3 is 2.73 bits per heavy atom. The molecule has 0 saturated heterocycles. The Morgan fingerprint density at radius 1 is 1.53 bits per heavy atom. The van der Waals surface area contributed by atoms with E-state index >= 15 is 0 Å². The third kappa shape index (κ3) is 8.39. The molecule has 0 aromatic carbocycles. The molecule has 0 fully saturated rings. The molecule has 0 bridgehead atoms. The molecule has 4 heteroatoms. The third-order valence-corrected chi connectivity index (χ3v) is 2.29. The van der Waals surface area contributed by atoms with Gasteiger partial charge in [0.1, 0.15) is 0 Å². The van der Waals surface area contributed by atoms with Gasteiger partial charge >= 0.3 is 0 Å². The zero-order valence-electron chi connectivity index (χ0n) is 10.3. The Bertz CT molecular complexity index is 173. The molecule has 0 spiro atoms. The van der Waals surface area contributed by atoms with E-state index < -0.39 is 0 Å². The predicted molar refractivity (Wildman–Crippen MR) is 63.7 cm³/mol. The molecular formula is C11H25N3O. The van der Waals surface area contributed by atoms with Crippen LogP contribution in [-0.2, 0) is 4.79 Å². The lowest BCUT2D eigenvalue weighted by atomic mass is 10.2. The molecule has 4 nitrogen and oxygen atoms in total. The van der Waals surface area contributed by atoms with Crippen molar-refractivity contribution in [1.82, 2.24) is 10.2 Å². The molecule has 0 heterocycles. The van der Waals surface area contributed by atoms with Crippen molar-refractivity contribution in [3.63, 3.8) is 0 Å². The maximum atomic E-state index is 11.5. The SMILES string of the molecule is CCCC(C)NC(=O)CN(C)CCCN. The highest BCUT2D eigenvalue weighted by Gasteiger charge is 2.08. The number of carbonyl (C=O) groups is 1. The van der Waals surface area contributed by atoms with Gasteiger partial charge in [0.05, 0.1) is 6.54 Å². The fourth-order valence-corrected chi connectivity index (χ4v) is 1.51. The Kier molecular flexibility index (Phi) is 8.33. The first kappa shape index (κ1) is 14.4. The second-order valence-electron chi connectivity index (χ2n) is 4.14. The molecule has 1 amide bonds. The van der Waals surface area contributed by atoms with E-state index in [1.54, 1.807) is 0 Å². The summed E-state index contributed by atoms with van der Waals surface area (Å²) in [4.78, 5) is 13.5. The fraction of sp³-hybridized carbons (Fsp3) is 0.909. The summed E-state index contributed by atoms with van der Waals surface area (Å²) in [7, 11) is 1.94. The monoisotopic (exact) mass is 215 g/mol. The van der Waals surface area contributed by atoms with Crippen molar-refractivity contribution in [2.45, 2.75) is 39.2 Å². The van der Waals surface area contributed by atoms with E-state index in [1.165, 1.54) is 0 Å². The minimum absolute atomic E-state index is 0.107. The first-order valence-corrected chi connectivity index (χ1v) is 5.78. The highest BCUT2D eigenvalue weighted by Crippen LogP contribution is 1.95. The van der Waals surface area contributed by atoms with Crippen LogP contribution in [0.2, 0.25) is 0 Å². The zero-order valence-corrected chi connectivity index (χ0v) is 10.3. The lowest BCUT2D eigenvalue weighted by molar-refractivity contribution is -0.122. The molecular weight excluding hydrogens is 190 g/mol. The van der Waals surface area contributed by atoms with Crippen molar-refractivity contribution in [3.8, 4) is 0 Å². The van der Waals surface area contributed by atoms with Crippen LogP contribution in [0.5, 0.6) is 0 Å². The molecule has 0 aromatic rings. The van der Waals surface area contributed by atoms with Crippen molar-refractivity contribution in [1.29, 1.82) is 0 Å². The summed E-state index contributed by atoms with van der Waals surface area (Å²) in [6.45, 7) is 6.19. The Hall–Kier alpha value is -0.610.